The highest BCUT2D eigenvalue weighted by molar-refractivity contribution is 5.77. The molecule has 0 spiro atoms. The minimum Gasteiger partial charge on any atom is -0.399 e. The molecule has 0 fully saturated rings. The van der Waals surface area contributed by atoms with Gasteiger partial charge in [0.15, 0.2) is 0 Å². The summed E-state index contributed by atoms with van der Waals surface area (Å²) < 4.78 is 0. The minimum atomic E-state index is 0.0829. The summed E-state index contributed by atoms with van der Waals surface area (Å²) in [5.41, 5.74) is 14.9. The molecule has 6 heteroatoms. The molecular weight excluding hydrogens is 352 g/mol. The molecule has 0 atom stereocenters. The fourth-order valence-electron chi connectivity index (χ4n) is 2.90. The van der Waals surface area contributed by atoms with Crippen molar-refractivity contribution in [3.8, 4) is 0 Å². The Morgan fingerprint density at radius 2 is 1.00 bits per heavy atom. The maximum absolute atomic E-state index is 12.3. The van der Waals surface area contributed by atoms with Crippen molar-refractivity contribution in [3.05, 3.63) is 59.7 Å². The first-order valence-electron chi connectivity index (χ1n) is 9.52. The normalized spacial score (nSPS) is 10.5. The van der Waals surface area contributed by atoms with E-state index in [1.54, 1.807) is 23.9 Å². The van der Waals surface area contributed by atoms with Crippen molar-refractivity contribution in [1.29, 1.82) is 0 Å². The van der Waals surface area contributed by atoms with E-state index in [2.05, 4.69) is 0 Å². The summed E-state index contributed by atoms with van der Waals surface area (Å²) in [6.45, 7) is 1.12. The summed E-state index contributed by atoms with van der Waals surface area (Å²) in [6, 6.07) is 15.0. The number of amides is 2. The van der Waals surface area contributed by atoms with Crippen molar-refractivity contribution in [2.75, 3.05) is 25.6 Å². The van der Waals surface area contributed by atoms with Gasteiger partial charge in [-0.2, -0.15) is 0 Å². The highest BCUT2D eigenvalue weighted by Gasteiger charge is 2.12. The van der Waals surface area contributed by atoms with Crippen LogP contribution in [0.4, 0.5) is 11.4 Å². The lowest BCUT2D eigenvalue weighted by Gasteiger charge is -2.18. The molecule has 2 aromatic rings. The molecule has 0 aromatic heterocycles. The van der Waals surface area contributed by atoms with E-state index in [9.17, 15) is 9.59 Å². The van der Waals surface area contributed by atoms with Crippen LogP contribution in [0.2, 0.25) is 0 Å². The molecule has 0 aliphatic carbocycles. The minimum absolute atomic E-state index is 0.0829. The molecule has 0 aliphatic rings. The van der Waals surface area contributed by atoms with Crippen LogP contribution in [0.15, 0.2) is 48.5 Å². The number of hydrogen-bond donors (Lipinski definition) is 2. The predicted octanol–water partition coefficient (Wildman–Crippen LogP) is 3.03. The molecule has 0 bridgehead atoms. The number of carbonyl (C=O) groups excluding carboxylic acids is 2. The highest BCUT2D eigenvalue weighted by Crippen LogP contribution is 2.12. The lowest BCUT2D eigenvalue weighted by molar-refractivity contribution is -0.132. The summed E-state index contributed by atoms with van der Waals surface area (Å²) in [7, 11) is 3.59. The largest absolute Gasteiger partial charge is 0.399 e. The Kier molecular flexibility index (Phi) is 7.87. The van der Waals surface area contributed by atoms with Gasteiger partial charge >= 0.3 is 0 Å². The van der Waals surface area contributed by atoms with Gasteiger partial charge in [0.1, 0.15) is 0 Å². The Balaban J connectivity index is 1.66. The second-order valence-electron chi connectivity index (χ2n) is 7.19. The molecule has 28 heavy (non-hydrogen) atoms. The van der Waals surface area contributed by atoms with Crippen LogP contribution < -0.4 is 11.5 Å². The van der Waals surface area contributed by atoms with Gasteiger partial charge in [0, 0.05) is 51.4 Å². The fraction of sp³-hybridized carbons (Fsp3) is 0.364. The van der Waals surface area contributed by atoms with Gasteiger partial charge in [0.2, 0.25) is 11.8 Å². The van der Waals surface area contributed by atoms with E-state index in [1.165, 1.54) is 0 Å². The fourth-order valence-corrected chi connectivity index (χ4v) is 2.90. The molecule has 0 aliphatic heterocycles. The number of benzene rings is 2. The molecule has 0 radical (unpaired) electrons. The lowest BCUT2D eigenvalue weighted by Crippen LogP contribution is -2.27. The molecule has 2 aromatic carbocycles. The number of unbranched alkanes of at least 4 members (excludes halogenated alkanes) is 1. The highest BCUT2D eigenvalue weighted by atomic mass is 16.2. The van der Waals surface area contributed by atoms with Crippen LogP contribution in [-0.4, -0.2) is 35.7 Å². The summed E-state index contributed by atoms with van der Waals surface area (Å²) in [5.74, 6) is 0.166. The van der Waals surface area contributed by atoms with Gasteiger partial charge in [0.25, 0.3) is 0 Å². The van der Waals surface area contributed by atoms with Gasteiger partial charge in [-0.3, -0.25) is 9.59 Å². The maximum atomic E-state index is 12.3. The second kappa shape index (κ2) is 10.3. The zero-order valence-electron chi connectivity index (χ0n) is 16.7. The van der Waals surface area contributed by atoms with Crippen molar-refractivity contribution >= 4 is 23.2 Å². The van der Waals surface area contributed by atoms with Crippen LogP contribution >= 0.6 is 0 Å². The number of nitrogens with zero attached hydrogens (tertiary/aromatic N) is 2. The Morgan fingerprint density at radius 1 is 0.679 bits per heavy atom. The van der Waals surface area contributed by atoms with Gasteiger partial charge in [0.05, 0.1) is 0 Å². The Morgan fingerprint density at radius 3 is 1.32 bits per heavy atom. The average molecular weight is 383 g/mol. The average Bonchev–Trinajstić information content (AvgIpc) is 2.68. The van der Waals surface area contributed by atoms with E-state index >= 15 is 0 Å². The Bertz CT molecular complexity index is 705. The van der Waals surface area contributed by atoms with Crippen LogP contribution in [-0.2, 0) is 22.7 Å². The van der Waals surface area contributed by atoms with Gasteiger partial charge in [-0.05, 0) is 48.2 Å². The third kappa shape index (κ3) is 6.95. The van der Waals surface area contributed by atoms with E-state index in [4.69, 9.17) is 11.5 Å². The van der Waals surface area contributed by atoms with E-state index < -0.39 is 0 Å². The van der Waals surface area contributed by atoms with Crippen molar-refractivity contribution in [1.82, 2.24) is 9.80 Å². The van der Waals surface area contributed by atoms with Crippen molar-refractivity contribution in [2.45, 2.75) is 38.8 Å². The number of anilines is 2. The topological polar surface area (TPSA) is 92.7 Å². The SMILES string of the molecule is CN(Cc1ccc(N)cc1)C(=O)CCCCC(=O)N(C)Cc1ccc(N)cc1. The summed E-state index contributed by atoms with van der Waals surface area (Å²) in [4.78, 5) is 27.9. The Labute approximate surface area is 167 Å². The van der Waals surface area contributed by atoms with Gasteiger partial charge in [-0.1, -0.05) is 24.3 Å². The first-order valence-corrected chi connectivity index (χ1v) is 9.52. The molecule has 6 nitrogen and oxygen atoms in total. The molecule has 2 amide bonds. The van der Waals surface area contributed by atoms with Crippen molar-refractivity contribution in [2.24, 2.45) is 0 Å². The first kappa shape index (κ1) is 21.3. The predicted molar refractivity (Wildman–Crippen MR) is 113 cm³/mol. The zero-order valence-corrected chi connectivity index (χ0v) is 16.7. The third-order valence-electron chi connectivity index (χ3n) is 4.68. The van der Waals surface area contributed by atoms with Crippen LogP contribution in [0.1, 0.15) is 36.8 Å². The molecule has 0 unspecified atom stereocenters. The molecule has 0 saturated carbocycles. The molecule has 4 N–H and O–H groups in total. The van der Waals surface area contributed by atoms with Gasteiger partial charge in [-0.25, -0.2) is 0 Å². The van der Waals surface area contributed by atoms with Crippen LogP contribution in [0.5, 0.6) is 0 Å². The summed E-state index contributed by atoms with van der Waals surface area (Å²) in [6.07, 6.45) is 2.29. The number of rotatable bonds is 9. The molecule has 0 heterocycles. The number of nitrogens with two attached hydrogens (primary N) is 2. The standard InChI is InChI=1S/C22H30N4O2/c1-25(15-17-7-11-19(23)12-8-17)21(27)5-3-4-6-22(28)26(2)16-18-9-13-20(24)14-10-18/h7-14H,3-6,15-16,23-24H2,1-2H3. The first-order chi connectivity index (χ1) is 13.3. The van der Waals surface area contributed by atoms with Crippen molar-refractivity contribution in [3.63, 3.8) is 0 Å². The number of hydrogen-bond acceptors (Lipinski definition) is 4. The maximum Gasteiger partial charge on any atom is 0.222 e. The summed E-state index contributed by atoms with van der Waals surface area (Å²) >= 11 is 0. The molecule has 0 saturated heterocycles. The van der Waals surface area contributed by atoms with E-state index in [-0.39, 0.29) is 11.8 Å². The molecule has 2 rings (SSSR count). The van der Waals surface area contributed by atoms with Crippen LogP contribution in [0, 0.1) is 0 Å². The van der Waals surface area contributed by atoms with E-state index in [1.807, 2.05) is 48.5 Å². The van der Waals surface area contributed by atoms with Crippen molar-refractivity contribution < 1.29 is 9.59 Å². The summed E-state index contributed by atoms with van der Waals surface area (Å²) in [5, 5.41) is 0. The molecule has 150 valence electrons. The monoisotopic (exact) mass is 382 g/mol. The van der Waals surface area contributed by atoms with E-state index in [0.717, 1.165) is 11.1 Å². The van der Waals surface area contributed by atoms with Crippen LogP contribution in [0.3, 0.4) is 0 Å². The lowest BCUT2D eigenvalue weighted by atomic mass is 10.1. The molecular formula is C22H30N4O2. The smallest absolute Gasteiger partial charge is 0.222 e. The van der Waals surface area contributed by atoms with E-state index in [0.29, 0.717) is 50.1 Å². The third-order valence-corrected chi connectivity index (χ3v) is 4.68. The van der Waals surface area contributed by atoms with Gasteiger partial charge < -0.3 is 21.3 Å². The number of nitrogen functional groups attached to an aromatic ring is 2. The zero-order chi connectivity index (χ0) is 20.5. The second-order valence-corrected chi connectivity index (χ2v) is 7.19. The van der Waals surface area contributed by atoms with Crippen LogP contribution in [0.25, 0.3) is 0 Å². The van der Waals surface area contributed by atoms with Gasteiger partial charge in [-0.15, -0.1) is 0 Å². The quantitative estimate of drug-likeness (QED) is 0.515. The Hall–Kier alpha value is -3.02. The number of carbonyl (C=O) groups is 2.